The van der Waals surface area contributed by atoms with Crippen LogP contribution < -0.4 is 5.73 Å². The highest BCUT2D eigenvalue weighted by molar-refractivity contribution is 5.58. The van der Waals surface area contributed by atoms with Crippen molar-refractivity contribution >= 4 is 5.82 Å². The fourth-order valence-corrected chi connectivity index (χ4v) is 2.54. The first-order valence-electron chi connectivity index (χ1n) is 8.12. The summed E-state index contributed by atoms with van der Waals surface area (Å²) in [5.74, 6) is -2.88. The molecule has 8 nitrogen and oxygen atoms in total. The van der Waals surface area contributed by atoms with E-state index in [1.165, 1.54) is 17.1 Å². The molecular weight excluding hydrogens is 394 g/mol. The largest absolute Gasteiger partial charge is 0.415 e. The lowest BCUT2D eigenvalue weighted by molar-refractivity contribution is 0.116. The van der Waals surface area contributed by atoms with Gasteiger partial charge in [-0.3, -0.25) is 0 Å². The molecule has 0 aliphatic carbocycles. The van der Waals surface area contributed by atoms with Crippen LogP contribution in [0.25, 0.3) is 22.7 Å². The molecule has 4 aromatic rings. The Balaban J connectivity index is 1.58. The number of nitrogen functional groups attached to an aromatic ring is 1. The number of hydrogen-bond donors (Lipinski definition) is 1. The van der Waals surface area contributed by atoms with Gasteiger partial charge < -0.3 is 10.2 Å². The Morgan fingerprint density at radius 1 is 1.07 bits per heavy atom. The number of nitrogens with zero attached hydrogens (tertiary/aromatic N) is 6. The van der Waals surface area contributed by atoms with Crippen molar-refractivity contribution in [3.63, 3.8) is 0 Å². The molecule has 1 aromatic carbocycles. The van der Waals surface area contributed by atoms with E-state index >= 15 is 0 Å². The summed E-state index contributed by atoms with van der Waals surface area (Å²) in [6, 6.07) is 5.00. The summed E-state index contributed by atoms with van der Waals surface area (Å²) in [7, 11) is 0. The Kier molecular flexibility index (Phi) is 4.66. The van der Waals surface area contributed by atoms with Crippen LogP contribution in [0.2, 0.25) is 0 Å². The molecule has 0 bridgehead atoms. The van der Waals surface area contributed by atoms with Gasteiger partial charge in [-0.2, -0.15) is 8.78 Å². The van der Waals surface area contributed by atoms with Crippen molar-refractivity contribution in [2.75, 3.05) is 5.73 Å². The molecule has 3 aromatic heterocycles. The summed E-state index contributed by atoms with van der Waals surface area (Å²) < 4.78 is 59.9. The molecule has 0 aliphatic heterocycles. The molecule has 0 aliphatic rings. The molecule has 3 heterocycles. The predicted octanol–water partition coefficient (Wildman–Crippen LogP) is 3.24. The van der Waals surface area contributed by atoms with Gasteiger partial charge in [-0.1, -0.05) is 5.21 Å². The van der Waals surface area contributed by atoms with Crippen molar-refractivity contribution in [2.45, 2.75) is 13.0 Å². The number of aromatic nitrogens is 6. The van der Waals surface area contributed by atoms with Crippen LogP contribution in [-0.2, 0) is 6.54 Å². The van der Waals surface area contributed by atoms with E-state index in [1.54, 1.807) is 12.1 Å². The van der Waals surface area contributed by atoms with Gasteiger partial charge >= 0.3 is 6.43 Å². The molecule has 0 saturated heterocycles. The van der Waals surface area contributed by atoms with Crippen molar-refractivity contribution in [1.29, 1.82) is 0 Å². The summed E-state index contributed by atoms with van der Waals surface area (Å²) in [5.41, 5.74) is 6.20. The van der Waals surface area contributed by atoms with Gasteiger partial charge in [0.05, 0.1) is 18.3 Å². The first kappa shape index (κ1) is 18.5. The van der Waals surface area contributed by atoms with Crippen LogP contribution in [0.1, 0.15) is 17.9 Å². The molecule has 0 saturated carbocycles. The monoisotopic (exact) mass is 405 g/mol. The number of alkyl halides is 2. The Morgan fingerprint density at radius 2 is 1.90 bits per heavy atom. The van der Waals surface area contributed by atoms with E-state index in [4.69, 9.17) is 5.73 Å². The molecule has 4 rings (SSSR count). The highest BCUT2D eigenvalue weighted by Crippen LogP contribution is 2.27. The van der Waals surface area contributed by atoms with Gasteiger partial charge in [0, 0.05) is 17.3 Å². The molecule has 0 fully saturated rings. The molecule has 148 valence electrons. The van der Waals surface area contributed by atoms with E-state index in [0.29, 0.717) is 17.1 Å². The Labute approximate surface area is 160 Å². The second kappa shape index (κ2) is 7.30. The minimum Gasteiger partial charge on any atom is -0.415 e. The van der Waals surface area contributed by atoms with Gasteiger partial charge in [-0.15, -0.1) is 15.3 Å². The fraction of sp³-hybridized carbons (Fsp3) is 0.118. The van der Waals surface area contributed by atoms with Crippen molar-refractivity contribution in [2.24, 2.45) is 0 Å². The zero-order valence-corrected chi connectivity index (χ0v) is 14.4. The zero-order valence-electron chi connectivity index (χ0n) is 14.4. The van der Waals surface area contributed by atoms with Crippen molar-refractivity contribution < 1.29 is 22.0 Å². The molecular formula is C17H11F4N7O. The molecule has 0 radical (unpaired) electrons. The van der Waals surface area contributed by atoms with Crippen LogP contribution in [0.15, 0.2) is 41.1 Å². The fourth-order valence-electron chi connectivity index (χ4n) is 2.54. The molecule has 0 unspecified atom stereocenters. The summed E-state index contributed by atoms with van der Waals surface area (Å²) in [6.07, 6.45) is 0.0310. The summed E-state index contributed by atoms with van der Waals surface area (Å²) >= 11 is 0. The Bertz CT molecular complexity index is 1160. The molecule has 0 spiro atoms. The van der Waals surface area contributed by atoms with Gasteiger partial charge in [-0.25, -0.2) is 18.4 Å². The zero-order chi connectivity index (χ0) is 20.5. The average molecular weight is 405 g/mol. The third-order valence-corrected chi connectivity index (χ3v) is 3.95. The quantitative estimate of drug-likeness (QED) is 0.508. The van der Waals surface area contributed by atoms with E-state index in [1.807, 2.05) is 0 Å². The van der Waals surface area contributed by atoms with E-state index in [9.17, 15) is 17.6 Å². The molecule has 0 atom stereocenters. The predicted molar refractivity (Wildman–Crippen MR) is 91.4 cm³/mol. The van der Waals surface area contributed by atoms with E-state index in [2.05, 4.69) is 29.9 Å². The van der Waals surface area contributed by atoms with Crippen LogP contribution in [-0.4, -0.2) is 30.2 Å². The Hall–Kier alpha value is -3.83. The molecule has 29 heavy (non-hydrogen) atoms. The van der Waals surface area contributed by atoms with Gasteiger partial charge in [0.1, 0.15) is 23.1 Å². The van der Waals surface area contributed by atoms with Crippen LogP contribution in [0, 0.1) is 11.6 Å². The minimum atomic E-state index is -3.01. The van der Waals surface area contributed by atoms with Crippen LogP contribution in [0.5, 0.6) is 0 Å². The topological polar surface area (TPSA) is 109 Å². The summed E-state index contributed by atoms with van der Waals surface area (Å²) in [6.45, 7) is -0.120. The maximum atomic E-state index is 14.5. The number of pyridine rings is 1. The van der Waals surface area contributed by atoms with Crippen LogP contribution in [0.4, 0.5) is 23.4 Å². The van der Waals surface area contributed by atoms with E-state index < -0.39 is 35.4 Å². The molecule has 12 heteroatoms. The highest BCUT2D eigenvalue weighted by atomic mass is 19.3. The minimum absolute atomic E-state index is 0.0354. The number of anilines is 1. The number of benzene rings is 1. The van der Waals surface area contributed by atoms with Crippen molar-refractivity contribution in [3.8, 4) is 22.7 Å². The SMILES string of the molecule is Nc1ccc(-c2cn(Cc3cc(F)c(-c4nnc(C(F)F)o4)cc3F)nn2)cn1. The number of rotatable bonds is 5. The Morgan fingerprint density at radius 3 is 2.59 bits per heavy atom. The maximum absolute atomic E-state index is 14.5. The molecule has 2 N–H and O–H groups in total. The number of halogens is 4. The van der Waals surface area contributed by atoms with Crippen molar-refractivity contribution in [1.82, 2.24) is 30.2 Å². The lowest BCUT2D eigenvalue weighted by Crippen LogP contribution is -2.04. The molecule has 0 amide bonds. The van der Waals surface area contributed by atoms with Crippen LogP contribution >= 0.6 is 0 Å². The van der Waals surface area contributed by atoms with E-state index in [0.717, 1.165) is 12.1 Å². The second-order valence-corrected chi connectivity index (χ2v) is 5.94. The van der Waals surface area contributed by atoms with Crippen molar-refractivity contribution in [3.05, 3.63) is 59.7 Å². The third kappa shape index (κ3) is 3.77. The normalized spacial score (nSPS) is 11.3. The summed E-state index contributed by atoms with van der Waals surface area (Å²) in [4.78, 5) is 3.95. The van der Waals surface area contributed by atoms with Crippen LogP contribution in [0.3, 0.4) is 0 Å². The third-order valence-electron chi connectivity index (χ3n) is 3.95. The van der Waals surface area contributed by atoms with Gasteiger partial charge in [-0.05, 0) is 24.3 Å². The van der Waals surface area contributed by atoms with Gasteiger partial charge in [0.25, 0.3) is 11.8 Å². The number of hydrogen-bond acceptors (Lipinski definition) is 7. The number of nitrogens with two attached hydrogens (primary N) is 1. The van der Waals surface area contributed by atoms with Gasteiger partial charge in [0.15, 0.2) is 0 Å². The first-order valence-corrected chi connectivity index (χ1v) is 8.12. The van der Waals surface area contributed by atoms with Gasteiger partial charge in [0.2, 0.25) is 0 Å². The highest BCUT2D eigenvalue weighted by Gasteiger charge is 2.21. The standard InChI is InChI=1S/C17H11F4N7O/c18-11-4-10(16-25-26-17(29-16)15(20)21)12(19)3-9(11)6-28-7-13(24-27-28)8-1-2-14(22)23-5-8/h1-5,7,15H,6H2,(H2,22,23). The lowest BCUT2D eigenvalue weighted by atomic mass is 10.1. The average Bonchev–Trinajstić information content (AvgIpc) is 3.35. The van der Waals surface area contributed by atoms with E-state index in [-0.39, 0.29) is 12.1 Å². The summed E-state index contributed by atoms with van der Waals surface area (Å²) in [5, 5.41) is 14.3. The smallest absolute Gasteiger partial charge is 0.314 e. The first-order chi connectivity index (χ1) is 13.9. The second-order valence-electron chi connectivity index (χ2n) is 5.94. The maximum Gasteiger partial charge on any atom is 0.314 e. The lowest BCUT2D eigenvalue weighted by Gasteiger charge is -2.06.